The molecule has 3 saturated heterocycles. The first-order chi connectivity index (χ1) is 19.7. The van der Waals surface area contributed by atoms with Crippen LogP contribution < -0.4 is 11.1 Å². The van der Waals surface area contributed by atoms with Crippen LogP contribution in [0.4, 0.5) is 10.6 Å². The van der Waals surface area contributed by atoms with Gasteiger partial charge in [0.1, 0.15) is 29.7 Å². The number of piperidine rings is 1. The SMILES string of the molecule is CCNC(=O)[C@H]1O[C@@H](n2cnc3c(N)nc(CCCC4CCN(C(=O)OC5CC(=O)N(C)C5)CC4)nc32)C(O)[C@H]1O. The summed E-state index contributed by atoms with van der Waals surface area (Å²) in [6.07, 6.45) is -0.151. The zero-order valence-electron chi connectivity index (χ0n) is 23.3. The molecule has 2 unspecified atom stereocenters. The summed E-state index contributed by atoms with van der Waals surface area (Å²) in [5, 5.41) is 23.6. The van der Waals surface area contributed by atoms with Crippen molar-refractivity contribution in [2.75, 3.05) is 39.0 Å². The molecule has 3 fully saturated rings. The van der Waals surface area contributed by atoms with Gasteiger partial charge in [-0.3, -0.25) is 14.2 Å². The summed E-state index contributed by atoms with van der Waals surface area (Å²) in [6.45, 7) is 3.77. The molecule has 0 spiro atoms. The summed E-state index contributed by atoms with van der Waals surface area (Å²) >= 11 is 0. The van der Waals surface area contributed by atoms with E-state index in [1.807, 2.05) is 0 Å². The molecule has 2 aromatic heterocycles. The number of nitrogens with zero attached hydrogens (tertiary/aromatic N) is 6. The molecule has 0 saturated carbocycles. The van der Waals surface area contributed by atoms with Gasteiger partial charge in [-0.1, -0.05) is 0 Å². The van der Waals surface area contributed by atoms with Crippen molar-refractivity contribution in [2.45, 2.75) is 76.1 Å². The van der Waals surface area contributed by atoms with Gasteiger partial charge in [-0.2, -0.15) is 0 Å². The number of hydrogen-bond donors (Lipinski definition) is 4. The smallest absolute Gasteiger partial charge is 0.410 e. The van der Waals surface area contributed by atoms with E-state index in [0.717, 1.165) is 25.7 Å². The molecule has 5 heterocycles. The average Bonchev–Trinajstić information content (AvgIpc) is 3.60. The van der Waals surface area contributed by atoms with E-state index in [9.17, 15) is 24.6 Å². The number of aromatic nitrogens is 4. The minimum Gasteiger partial charge on any atom is -0.444 e. The first-order valence-electron chi connectivity index (χ1n) is 14.1. The number of ether oxygens (including phenoxy) is 2. The number of nitrogens with one attached hydrogen (secondary N) is 1. The third-order valence-corrected chi connectivity index (χ3v) is 8.08. The van der Waals surface area contributed by atoms with E-state index in [-0.39, 0.29) is 30.3 Å². The number of carbonyl (C=O) groups excluding carboxylic acids is 3. The number of amides is 3. The van der Waals surface area contributed by atoms with Gasteiger partial charge in [-0.05, 0) is 38.5 Å². The summed E-state index contributed by atoms with van der Waals surface area (Å²) in [5.74, 6) is 0.631. The van der Waals surface area contributed by atoms with Gasteiger partial charge >= 0.3 is 6.09 Å². The number of anilines is 1. The van der Waals surface area contributed by atoms with Gasteiger partial charge in [0.25, 0.3) is 5.91 Å². The van der Waals surface area contributed by atoms with Crippen LogP contribution in [-0.2, 0) is 25.5 Å². The largest absolute Gasteiger partial charge is 0.444 e. The van der Waals surface area contributed by atoms with Crippen molar-refractivity contribution in [2.24, 2.45) is 5.92 Å². The van der Waals surface area contributed by atoms with Gasteiger partial charge in [0.2, 0.25) is 5.91 Å². The number of rotatable bonds is 8. The number of fused-ring (bicyclic) bond motifs is 1. The maximum absolute atomic E-state index is 12.5. The molecular weight excluding hydrogens is 536 g/mol. The number of aryl methyl sites for hydroxylation is 1. The molecule has 0 radical (unpaired) electrons. The van der Waals surface area contributed by atoms with E-state index < -0.39 is 30.4 Å². The van der Waals surface area contributed by atoms with Crippen molar-refractivity contribution in [1.29, 1.82) is 0 Å². The Balaban J connectivity index is 1.14. The molecule has 2 aromatic rings. The number of aliphatic hydroxyl groups is 2. The summed E-state index contributed by atoms with van der Waals surface area (Å²) in [4.78, 5) is 53.0. The number of likely N-dealkylation sites (N-methyl/N-ethyl adjacent to an activating group) is 2. The van der Waals surface area contributed by atoms with Crippen LogP contribution in [0.1, 0.15) is 51.1 Å². The number of nitrogens with two attached hydrogens (primary N) is 1. The Hall–Kier alpha value is -3.56. The highest BCUT2D eigenvalue weighted by atomic mass is 16.6. The number of carbonyl (C=O) groups is 3. The summed E-state index contributed by atoms with van der Waals surface area (Å²) in [7, 11) is 1.71. The van der Waals surface area contributed by atoms with Gasteiger partial charge in [0.05, 0.1) is 19.3 Å². The van der Waals surface area contributed by atoms with E-state index >= 15 is 0 Å². The Morgan fingerprint density at radius 1 is 1.22 bits per heavy atom. The number of aliphatic hydroxyl groups excluding tert-OH is 2. The topological polar surface area (TPSA) is 198 Å². The third-order valence-electron chi connectivity index (χ3n) is 8.08. The highest BCUT2D eigenvalue weighted by molar-refractivity contribution is 5.83. The van der Waals surface area contributed by atoms with Crippen LogP contribution in [0, 0.1) is 5.92 Å². The lowest BCUT2D eigenvalue weighted by molar-refractivity contribution is -0.137. The Morgan fingerprint density at radius 3 is 2.66 bits per heavy atom. The number of imidazole rings is 1. The molecule has 224 valence electrons. The molecule has 5 atom stereocenters. The van der Waals surface area contributed by atoms with Gasteiger partial charge in [-0.15, -0.1) is 0 Å². The fourth-order valence-corrected chi connectivity index (χ4v) is 5.74. The van der Waals surface area contributed by atoms with E-state index in [2.05, 4.69) is 20.3 Å². The van der Waals surface area contributed by atoms with Crippen LogP contribution in [0.25, 0.3) is 11.2 Å². The Kier molecular flexibility index (Phi) is 8.56. The second kappa shape index (κ2) is 12.1. The molecule has 3 aliphatic heterocycles. The van der Waals surface area contributed by atoms with Gasteiger partial charge in [0, 0.05) is 33.1 Å². The molecule has 0 bridgehead atoms. The normalized spacial score (nSPS) is 27.1. The predicted molar refractivity (Wildman–Crippen MR) is 144 cm³/mol. The van der Waals surface area contributed by atoms with Crippen LogP contribution >= 0.6 is 0 Å². The number of likely N-dealkylation sites (tertiary alicyclic amines) is 2. The maximum Gasteiger partial charge on any atom is 0.410 e. The van der Waals surface area contributed by atoms with Crippen LogP contribution in [-0.4, -0.2) is 115 Å². The van der Waals surface area contributed by atoms with Gasteiger partial charge < -0.3 is 40.5 Å². The number of hydrogen-bond acceptors (Lipinski definition) is 11. The van der Waals surface area contributed by atoms with Crippen molar-refractivity contribution < 1.29 is 34.1 Å². The molecule has 15 heteroatoms. The lowest BCUT2D eigenvalue weighted by Crippen LogP contribution is -2.42. The van der Waals surface area contributed by atoms with Crippen LogP contribution in [0.2, 0.25) is 0 Å². The fourth-order valence-electron chi connectivity index (χ4n) is 5.74. The minimum atomic E-state index is -1.41. The lowest BCUT2D eigenvalue weighted by atomic mass is 9.91. The summed E-state index contributed by atoms with van der Waals surface area (Å²) in [5.41, 5.74) is 6.85. The molecule has 5 rings (SSSR count). The quantitative estimate of drug-likeness (QED) is 0.319. The molecule has 3 amide bonds. The van der Waals surface area contributed by atoms with E-state index in [0.29, 0.717) is 55.5 Å². The van der Waals surface area contributed by atoms with Crippen molar-refractivity contribution in [3.63, 3.8) is 0 Å². The van der Waals surface area contributed by atoms with Crippen LogP contribution in [0.5, 0.6) is 0 Å². The zero-order chi connectivity index (χ0) is 29.3. The first-order valence-corrected chi connectivity index (χ1v) is 14.1. The Labute approximate surface area is 237 Å². The fraction of sp³-hybridized carbons (Fsp3) is 0.692. The highest BCUT2D eigenvalue weighted by Gasteiger charge is 2.47. The van der Waals surface area contributed by atoms with E-state index in [4.69, 9.17) is 15.2 Å². The van der Waals surface area contributed by atoms with Crippen molar-refractivity contribution in [3.8, 4) is 0 Å². The monoisotopic (exact) mass is 574 g/mol. The molecule has 3 aliphatic rings. The van der Waals surface area contributed by atoms with Crippen LogP contribution in [0.3, 0.4) is 0 Å². The highest BCUT2D eigenvalue weighted by Crippen LogP contribution is 2.32. The second-order valence-corrected chi connectivity index (χ2v) is 11.0. The van der Waals surface area contributed by atoms with Gasteiger partial charge in [-0.25, -0.2) is 19.7 Å². The van der Waals surface area contributed by atoms with E-state index in [1.54, 1.807) is 23.8 Å². The number of nitrogen functional groups attached to an aromatic ring is 1. The van der Waals surface area contributed by atoms with Crippen molar-refractivity contribution in [1.82, 2.24) is 34.6 Å². The molecule has 15 nitrogen and oxygen atoms in total. The second-order valence-electron chi connectivity index (χ2n) is 11.0. The van der Waals surface area contributed by atoms with Crippen molar-refractivity contribution >= 4 is 34.9 Å². The average molecular weight is 575 g/mol. The third kappa shape index (κ3) is 6.06. The van der Waals surface area contributed by atoms with Gasteiger partial charge in [0.15, 0.2) is 23.8 Å². The lowest BCUT2D eigenvalue weighted by Gasteiger charge is -2.32. The predicted octanol–water partition coefficient (Wildman–Crippen LogP) is -0.434. The standard InChI is InChI=1S/C26H38N8O7/c1-3-28-24(38)21-19(36)20(37)25(41-21)34-13-29-18-22(27)30-16(31-23(18)34)6-4-5-14-7-9-33(10-8-14)26(39)40-15-11-17(35)32(2)12-15/h13-15,19-21,25,36-37H,3-12H2,1-2H3,(H,28,38)(H2,27,30,31)/t15?,19-,20?,21+,25-/m1/s1. The molecule has 0 aliphatic carbocycles. The van der Waals surface area contributed by atoms with Crippen LogP contribution in [0.15, 0.2) is 6.33 Å². The van der Waals surface area contributed by atoms with Crippen molar-refractivity contribution in [3.05, 3.63) is 12.2 Å². The molecule has 41 heavy (non-hydrogen) atoms. The zero-order valence-corrected chi connectivity index (χ0v) is 23.3. The Bertz CT molecular complexity index is 1280. The molecule has 0 aromatic carbocycles. The van der Waals surface area contributed by atoms with E-state index in [1.165, 1.54) is 10.9 Å². The summed E-state index contributed by atoms with van der Waals surface area (Å²) in [6, 6.07) is 0. The maximum atomic E-state index is 12.5. The Morgan fingerprint density at radius 2 is 1.98 bits per heavy atom. The first kappa shape index (κ1) is 29.0. The minimum absolute atomic E-state index is 0.0100. The molecule has 5 N–H and O–H groups in total. The summed E-state index contributed by atoms with van der Waals surface area (Å²) < 4.78 is 12.7. The molecular formula is C26H38N8O7.